The molecule has 0 bridgehead atoms. The van der Waals surface area contributed by atoms with Gasteiger partial charge in [-0.2, -0.15) is 0 Å². The molecule has 34 heavy (non-hydrogen) atoms. The summed E-state index contributed by atoms with van der Waals surface area (Å²) in [6, 6.07) is 10.6. The quantitative estimate of drug-likeness (QED) is 0.200. The number of unbranched alkanes of at least 4 members (excludes halogenated alkanes) is 5. The number of nitrogens with one attached hydrogen (secondary N) is 2. The minimum absolute atomic E-state index is 0.187. The van der Waals surface area contributed by atoms with Crippen molar-refractivity contribution in [2.45, 2.75) is 78.2 Å². The molecule has 0 aromatic heterocycles. The second-order valence-electron chi connectivity index (χ2n) is 9.28. The number of aliphatic hydroxyl groups excluding tert-OH is 1. The zero-order valence-electron chi connectivity index (χ0n) is 21.4. The van der Waals surface area contributed by atoms with Crippen LogP contribution >= 0.6 is 0 Å². The molecule has 0 spiro atoms. The largest absolute Gasteiger partial charge is 0.463 e. The topological polar surface area (TPSA) is 96.9 Å². The summed E-state index contributed by atoms with van der Waals surface area (Å²) in [6.07, 6.45) is 8.42. The molecular formula is C27H46N2O5. The highest BCUT2D eigenvalue weighted by Crippen LogP contribution is 2.16. The lowest BCUT2D eigenvalue weighted by molar-refractivity contribution is -0.150. The molecule has 7 nitrogen and oxygen atoms in total. The van der Waals surface area contributed by atoms with Gasteiger partial charge in [0.1, 0.15) is 19.3 Å². The highest BCUT2D eigenvalue weighted by atomic mass is 16.6. The number of carbonyl (C=O) groups excluding carboxylic acids is 2. The molecule has 0 aliphatic heterocycles. The standard InChI is InChI=1S/C27H46N2O5/c1-4-5-6-7-8-10-15-24(18-23-13-11-9-12-14-23)19-28-16-17-29-27(32)34-21-25(30)20-33-26(31)22(2)3/h9,11-14,22,24-25,28,30H,4-8,10,15-21H2,1-3H3,(H,29,32). The van der Waals surface area contributed by atoms with Gasteiger partial charge in [-0.25, -0.2) is 4.79 Å². The van der Waals surface area contributed by atoms with Crippen LogP contribution in [0.15, 0.2) is 30.3 Å². The van der Waals surface area contributed by atoms with Crippen LogP contribution in [0.2, 0.25) is 0 Å². The van der Waals surface area contributed by atoms with Crippen molar-refractivity contribution < 1.29 is 24.2 Å². The van der Waals surface area contributed by atoms with E-state index in [2.05, 4.69) is 41.8 Å². The third kappa shape index (κ3) is 15.7. The molecule has 1 aromatic carbocycles. The molecule has 0 saturated heterocycles. The Balaban J connectivity index is 2.22. The predicted molar refractivity (Wildman–Crippen MR) is 136 cm³/mol. The number of carbonyl (C=O) groups is 2. The molecule has 1 aromatic rings. The van der Waals surface area contributed by atoms with Crippen LogP contribution in [-0.4, -0.2) is 56.1 Å². The molecule has 0 fully saturated rings. The van der Waals surface area contributed by atoms with Gasteiger partial charge < -0.3 is 25.2 Å². The molecule has 194 valence electrons. The lowest BCUT2D eigenvalue weighted by Gasteiger charge is -2.18. The monoisotopic (exact) mass is 478 g/mol. The fraction of sp³-hybridized carbons (Fsp3) is 0.704. The van der Waals surface area contributed by atoms with Gasteiger partial charge in [-0.3, -0.25) is 4.79 Å². The number of ether oxygens (including phenoxy) is 2. The summed E-state index contributed by atoms with van der Waals surface area (Å²) in [7, 11) is 0. The van der Waals surface area contributed by atoms with Crippen LogP contribution in [-0.2, 0) is 20.7 Å². The Morgan fingerprint density at radius 2 is 1.62 bits per heavy atom. The second kappa shape index (κ2) is 19.2. The number of hydrogen-bond donors (Lipinski definition) is 3. The molecule has 1 rings (SSSR count). The summed E-state index contributed by atoms with van der Waals surface area (Å²) in [5, 5.41) is 15.9. The van der Waals surface area contributed by atoms with Crippen molar-refractivity contribution in [1.29, 1.82) is 0 Å². The van der Waals surface area contributed by atoms with Crippen LogP contribution in [0.4, 0.5) is 4.79 Å². The van der Waals surface area contributed by atoms with Crippen LogP contribution < -0.4 is 10.6 Å². The lowest BCUT2D eigenvalue weighted by atomic mass is 9.93. The molecule has 0 aliphatic rings. The number of hydrogen-bond acceptors (Lipinski definition) is 6. The van der Waals surface area contributed by atoms with Crippen LogP contribution in [0.3, 0.4) is 0 Å². The first kappa shape index (κ1) is 29.9. The number of amides is 1. The van der Waals surface area contributed by atoms with E-state index >= 15 is 0 Å². The fourth-order valence-electron chi connectivity index (χ4n) is 3.61. The average Bonchev–Trinajstić information content (AvgIpc) is 2.83. The maximum absolute atomic E-state index is 11.8. The first-order valence-corrected chi connectivity index (χ1v) is 12.9. The number of esters is 1. The van der Waals surface area contributed by atoms with Crippen molar-refractivity contribution in [3.05, 3.63) is 35.9 Å². The van der Waals surface area contributed by atoms with E-state index in [1.54, 1.807) is 13.8 Å². The summed E-state index contributed by atoms with van der Waals surface area (Å²) >= 11 is 0. The van der Waals surface area contributed by atoms with Gasteiger partial charge in [0.2, 0.25) is 0 Å². The minimum atomic E-state index is -1.03. The van der Waals surface area contributed by atoms with Crippen LogP contribution in [0.25, 0.3) is 0 Å². The zero-order chi connectivity index (χ0) is 25.0. The fourth-order valence-corrected chi connectivity index (χ4v) is 3.61. The molecule has 0 heterocycles. The molecule has 0 saturated carbocycles. The van der Waals surface area contributed by atoms with Crippen molar-refractivity contribution in [2.24, 2.45) is 11.8 Å². The Hall–Kier alpha value is -2.12. The molecule has 2 unspecified atom stereocenters. The third-order valence-electron chi connectivity index (χ3n) is 5.63. The van der Waals surface area contributed by atoms with Crippen molar-refractivity contribution in [2.75, 3.05) is 32.8 Å². The summed E-state index contributed by atoms with van der Waals surface area (Å²) in [5.74, 6) is -0.0946. The normalized spacial score (nSPS) is 12.9. The number of aliphatic hydroxyl groups is 1. The number of rotatable bonds is 19. The molecule has 0 aliphatic carbocycles. The maximum atomic E-state index is 11.8. The number of benzene rings is 1. The molecule has 2 atom stereocenters. The minimum Gasteiger partial charge on any atom is -0.463 e. The smallest absolute Gasteiger partial charge is 0.407 e. The van der Waals surface area contributed by atoms with E-state index in [1.807, 2.05) is 6.07 Å². The van der Waals surface area contributed by atoms with Gasteiger partial charge in [-0.1, -0.05) is 89.6 Å². The van der Waals surface area contributed by atoms with Gasteiger partial charge in [0, 0.05) is 13.1 Å². The van der Waals surface area contributed by atoms with Crippen LogP contribution in [0.5, 0.6) is 0 Å². The van der Waals surface area contributed by atoms with Gasteiger partial charge in [0.15, 0.2) is 0 Å². The van der Waals surface area contributed by atoms with Crippen LogP contribution in [0, 0.1) is 11.8 Å². The van der Waals surface area contributed by atoms with Gasteiger partial charge in [0.05, 0.1) is 5.92 Å². The van der Waals surface area contributed by atoms with Crippen molar-refractivity contribution in [3.63, 3.8) is 0 Å². The first-order valence-electron chi connectivity index (χ1n) is 12.9. The summed E-state index contributed by atoms with van der Waals surface area (Å²) < 4.78 is 9.89. The van der Waals surface area contributed by atoms with E-state index in [0.29, 0.717) is 19.0 Å². The predicted octanol–water partition coefficient (Wildman–Crippen LogP) is 4.47. The Morgan fingerprint density at radius 3 is 2.32 bits per heavy atom. The molecule has 7 heteroatoms. The van der Waals surface area contributed by atoms with E-state index < -0.39 is 18.2 Å². The van der Waals surface area contributed by atoms with E-state index in [-0.39, 0.29) is 19.1 Å². The highest BCUT2D eigenvalue weighted by molar-refractivity contribution is 5.71. The molecule has 3 N–H and O–H groups in total. The van der Waals surface area contributed by atoms with Gasteiger partial charge in [0.25, 0.3) is 0 Å². The molecule has 1 amide bonds. The number of alkyl carbamates (subject to hydrolysis) is 1. The SMILES string of the molecule is CCCCCCCCC(CNCCNC(=O)OCC(O)COC(=O)C(C)C)Cc1ccccc1. The Bertz CT molecular complexity index is 654. The first-order chi connectivity index (χ1) is 16.4. The van der Waals surface area contributed by atoms with Gasteiger partial charge >= 0.3 is 12.1 Å². The van der Waals surface area contributed by atoms with Crippen molar-refractivity contribution in [1.82, 2.24) is 10.6 Å². The maximum Gasteiger partial charge on any atom is 0.407 e. The summed E-state index contributed by atoms with van der Waals surface area (Å²) in [5.41, 5.74) is 1.36. The van der Waals surface area contributed by atoms with Gasteiger partial charge in [-0.05, 0) is 30.9 Å². The average molecular weight is 479 g/mol. The van der Waals surface area contributed by atoms with Crippen molar-refractivity contribution in [3.8, 4) is 0 Å². The Labute approximate surface area is 206 Å². The zero-order valence-corrected chi connectivity index (χ0v) is 21.4. The van der Waals surface area contributed by atoms with E-state index in [9.17, 15) is 14.7 Å². The second-order valence-corrected chi connectivity index (χ2v) is 9.28. The van der Waals surface area contributed by atoms with Crippen LogP contribution in [0.1, 0.15) is 71.3 Å². The highest BCUT2D eigenvalue weighted by Gasteiger charge is 2.14. The van der Waals surface area contributed by atoms with Crippen molar-refractivity contribution >= 4 is 12.1 Å². The van der Waals surface area contributed by atoms with Gasteiger partial charge in [-0.15, -0.1) is 0 Å². The summed E-state index contributed by atoms with van der Waals surface area (Å²) in [6.45, 7) is 7.25. The van der Waals surface area contributed by atoms with E-state index in [4.69, 9.17) is 9.47 Å². The summed E-state index contributed by atoms with van der Waals surface area (Å²) in [4.78, 5) is 23.2. The third-order valence-corrected chi connectivity index (χ3v) is 5.63. The molecular weight excluding hydrogens is 432 g/mol. The Kier molecular flexibility index (Phi) is 16.9. The van der Waals surface area contributed by atoms with E-state index in [0.717, 1.165) is 13.0 Å². The van der Waals surface area contributed by atoms with E-state index in [1.165, 1.54) is 50.5 Å². The molecule has 0 radical (unpaired) electrons. The Morgan fingerprint density at radius 1 is 0.941 bits per heavy atom. The lowest BCUT2D eigenvalue weighted by Crippen LogP contribution is -2.36.